The molecule has 3 aromatic carbocycles. The van der Waals surface area contributed by atoms with E-state index < -0.39 is 0 Å². The molecular formula is C29H32N4. The molecule has 1 heterocycles. The monoisotopic (exact) mass is 436 g/mol. The van der Waals surface area contributed by atoms with E-state index >= 15 is 0 Å². The van der Waals surface area contributed by atoms with Gasteiger partial charge in [0.15, 0.2) is 0 Å². The molecule has 0 N–H and O–H groups in total. The molecule has 0 amide bonds. The van der Waals surface area contributed by atoms with E-state index in [0.717, 1.165) is 17.8 Å². The fraction of sp³-hybridized carbons (Fsp3) is 0.207. The SMILES string of the molecule is CN(C)C(=Cc1ccccc1)C1CC(C=Cc2ccc(N(C)C)cc2)=NN1c1ccccc1. The van der Waals surface area contributed by atoms with Crippen LogP contribution in [0.1, 0.15) is 17.5 Å². The van der Waals surface area contributed by atoms with Gasteiger partial charge < -0.3 is 9.80 Å². The molecule has 1 unspecified atom stereocenters. The zero-order valence-corrected chi connectivity index (χ0v) is 19.9. The molecule has 1 atom stereocenters. The van der Waals surface area contributed by atoms with Crippen LogP contribution >= 0.6 is 0 Å². The third kappa shape index (κ3) is 5.53. The molecule has 0 saturated carbocycles. The summed E-state index contributed by atoms with van der Waals surface area (Å²) in [6.07, 6.45) is 7.41. The molecule has 0 spiro atoms. The largest absolute Gasteiger partial charge is 0.379 e. The van der Waals surface area contributed by atoms with Crippen molar-refractivity contribution in [1.29, 1.82) is 0 Å². The van der Waals surface area contributed by atoms with Gasteiger partial charge in [0.05, 0.1) is 17.4 Å². The third-order valence-corrected chi connectivity index (χ3v) is 5.80. The fourth-order valence-corrected chi connectivity index (χ4v) is 4.00. The minimum Gasteiger partial charge on any atom is -0.379 e. The second-order valence-electron chi connectivity index (χ2n) is 8.68. The van der Waals surface area contributed by atoms with Gasteiger partial charge in [0.2, 0.25) is 0 Å². The minimum absolute atomic E-state index is 0.123. The van der Waals surface area contributed by atoms with Gasteiger partial charge in [-0.1, -0.05) is 66.7 Å². The van der Waals surface area contributed by atoms with Gasteiger partial charge >= 0.3 is 0 Å². The van der Waals surface area contributed by atoms with E-state index in [2.05, 4.69) is 140 Å². The van der Waals surface area contributed by atoms with Crippen LogP contribution in [0.25, 0.3) is 12.2 Å². The van der Waals surface area contributed by atoms with Crippen molar-refractivity contribution in [3.63, 3.8) is 0 Å². The van der Waals surface area contributed by atoms with Crippen LogP contribution in [-0.4, -0.2) is 44.8 Å². The Hall–Kier alpha value is -3.79. The average molecular weight is 437 g/mol. The summed E-state index contributed by atoms with van der Waals surface area (Å²) in [7, 11) is 8.33. The predicted molar refractivity (Wildman–Crippen MR) is 143 cm³/mol. The van der Waals surface area contributed by atoms with Crippen LogP contribution in [0.15, 0.2) is 102 Å². The molecule has 168 valence electrons. The Morgan fingerprint density at radius 2 is 1.42 bits per heavy atom. The van der Waals surface area contributed by atoms with E-state index in [4.69, 9.17) is 5.10 Å². The van der Waals surface area contributed by atoms with Gasteiger partial charge in [-0.15, -0.1) is 0 Å². The molecule has 4 nitrogen and oxygen atoms in total. The maximum Gasteiger partial charge on any atom is 0.0978 e. The molecule has 0 radical (unpaired) electrons. The number of nitrogens with zero attached hydrogens (tertiary/aromatic N) is 4. The summed E-state index contributed by atoms with van der Waals surface area (Å²) in [6.45, 7) is 0. The highest BCUT2D eigenvalue weighted by atomic mass is 15.5. The van der Waals surface area contributed by atoms with Crippen LogP contribution in [0.5, 0.6) is 0 Å². The summed E-state index contributed by atoms with van der Waals surface area (Å²) in [5, 5.41) is 7.19. The molecule has 4 rings (SSSR count). The van der Waals surface area contributed by atoms with Crippen molar-refractivity contribution in [2.24, 2.45) is 5.10 Å². The summed E-state index contributed by atoms with van der Waals surface area (Å²) in [4.78, 5) is 4.31. The molecule has 0 saturated heterocycles. The first-order valence-corrected chi connectivity index (χ1v) is 11.3. The first-order valence-electron chi connectivity index (χ1n) is 11.3. The van der Waals surface area contributed by atoms with Gasteiger partial charge in [-0.2, -0.15) is 5.10 Å². The van der Waals surface area contributed by atoms with Crippen LogP contribution in [0.2, 0.25) is 0 Å². The Balaban J connectivity index is 1.64. The number of hydrazone groups is 1. The molecule has 1 aliphatic rings. The summed E-state index contributed by atoms with van der Waals surface area (Å²) in [6, 6.07) is 29.6. The van der Waals surface area contributed by atoms with E-state index in [9.17, 15) is 0 Å². The zero-order valence-electron chi connectivity index (χ0n) is 19.9. The van der Waals surface area contributed by atoms with Gasteiger partial charge in [0.25, 0.3) is 0 Å². The standard InChI is InChI=1S/C29H32N4/c1-31(2)26-19-16-23(17-20-26)15-18-25-22-29(33(30-25)27-13-9-6-10-14-27)28(32(3)4)21-24-11-7-5-8-12-24/h5-21,29H,22H2,1-4H3. The lowest BCUT2D eigenvalue weighted by atomic mass is 10.0. The van der Waals surface area contributed by atoms with Gasteiger partial charge in [-0.05, 0) is 47.5 Å². The lowest BCUT2D eigenvalue weighted by molar-refractivity contribution is 0.465. The fourth-order valence-electron chi connectivity index (χ4n) is 4.00. The number of allylic oxidation sites excluding steroid dienone is 1. The molecule has 4 heteroatoms. The lowest BCUT2D eigenvalue weighted by Gasteiger charge is -2.30. The Bertz CT molecular complexity index is 1130. The Kier molecular flexibility index (Phi) is 6.94. The molecular weight excluding hydrogens is 404 g/mol. The number of hydrogen-bond acceptors (Lipinski definition) is 4. The highest BCUT2D eigenvalue weighted by Gasteiger charge is 2.31. The number of para-hydroxylation sites is 1. The van der Waals surface area contributed by atoms with Crippen LogP contribution in [-0.2, 0) is 0 Å². The summed E-state index contributed by atoms with van der Waals surface area (Å²) < 4.78 is 0. The molecule has 1 aliphatic heterocycles. The van der Waals surface area contributed by atoms with Gasteiger partial charge in [0, 0.05) is 46.0 Å². The van der Waals surface area contributed by atoms with Crippen molar-refractivity contribution < 1.29 is 0 Å². The lowest BCUT2D eigenvalue weighted by Crippen LogP contribution is -2.34. The molecule has 0 aliphatic carbocycles. The van der Waals surface area contributed by atoms with Crippen molar-refractivity contribution in [1.82, 2.24) is 4.90 Å². The maximum atomic E-state index is 5.03. The Morgan fingerprint density at radius 1 is 0.788 bits per heavy atom. The third-order valence-electron chi connectivity index (χ3n) is 5.80. The number of rotatable bonds is 7. The maximum absolute atomic E-state index is 5.03. The molecule has 3 aromatic rings. The number of benzene rings is 3. The van der Waals surface area contributed by atoms with E-state index in [1.165, 1.54) is 22.5 Å². The Labute approximate surface area is 197 Å². The van der Waals surface area contributed by atoms with Gasteiger partial charge in [-0.3, -0.25) is 5.01 Å². The smallest absolute Gasteiger partial charge is 0.0978 e. The number of anilines is 2. The second kappa shape index (κ2) is 10.2. The van der Waals surface area contributed by atoms with Crippen LogP contribution in [0.4, 0.5) is 11.4 Å². The van der Waals surface area contributed by atoms with Crippen LogP contribution < -0.4 is 9.91 Å². The Morgan fingerprint density at radius 3 is 2.03 bits per heavy atom. The summed E-state index contributed by atoms with van der Waals surface area (Å²) >= 11 is 0. The molecule has 0 bridgehead atoms. The zero-order chi connectivity index (χ0) is 23.2. The topological polar surface area (TPSA) is 22.1 Å². The molecule has 0 fully saturated rings. The molecule has 33 heavy (non-hydrogen) atoms. The van der Waals surface area contributed by atoms with Crippen molar-refractivity contribution in [2.75, 3.05) is 38.1 Å². The summed E-state index contributed by atoms with van der Waals surface area (Å²) in [5.41, 5.74) is 6.96. The van der Waals surface area contributed by atoms with E-state index in [-0.39, 0.29) is 6.04 Å². The highest BCUT2D eigenvalue weighted by molar-refractivity contribution is 6.01. The van der Waals surface area contributed by atoms with Crippen LogP contribution in [0, 0.1) is 0 Å². The predicted octanol–water partition coefficient (Wildman–Crippen LogP) is 6.00. The number of hydrogen-bond donors (Lipinski definition) is 0. The second-order valence-corrected chi connectivity index (χ2v) is 8.68. The quantitative estimate of drug-likeness (QED) is 0.453. The normalized spacial score (nSPS) is 16.2. The van der Waals surface area contributed by atoms with Crippen molar-refractivity contribution >= 4 is 29.2 Å². The van der Waals surface area contributed by atoms with E-state index in [1.54, 1.807) is 0 Å². The van der Waals surface area contributed by atoms with Crippen molar-refractivity contribution in [2.45, 2.75) is 12.5 Å². The van der Waals surface area contributed by atoms with Gasteiger partial charge in [0.1, 0.15) is 0 Å². The van der Waals surface area contributed by atoms with Crippen molar-refractivity contribution in [3.8, 4) is 0 Å². The summed E-state index contributed by atoms with van der Waals surface area (Å²) in [5.74, 6) is 0. The number of likely N-dealkylation sites (N-methyl/N-ethyl adjacent to an activating group) is 1. The minimum atomic E-state index is 0.123. The first kappa shape index (κ1) is 22.4. The van der Waals surface area contributed by atoms with Crippen LogP contribution in [0.3, 0.4) is 0 Å². The van der Waals surface area contributed by atoms with E-state index in [1.807, 2.05) is 6.07 Å². The van der Waals surface area contributed by atoms with Gasteiger partial charge in [-0.25, -0.2) is 0 Å². The van der Waals surface area contributed by atoms with E-state index in [0.29, 0.717) is 0 Å². The average Bonchev–Trinajstić information content (AvgIpc) is 3.26. The highest BCUT2D eigenvalue weighted by Crippen LogP contribution is 2.31. The molecule has 0 aromatic heterocycles. The first-order chi connectivity index (χ1) is 16.0. The van der Waals surface area contributed by atoms with Crippen molar-refractivity contribution in [3.05, 3.63) is 108 Å².